The highest BCUT2D eigenvalue weighted by atomic mass is 16.2. The molecule has 2 aromatic rings. The lowest BCUT2D eigenvalue weighted by Gasteiger charge is -2.33. The first-order valence-corrected chi connectivity index (χ1v) is 10.3. The van der Waals surface area contributed by atoms with Gasteiger partial charge in [0.15, 0.2) is 0 Å². The number of likely N-dealkylation sites (tertiary alicyclic amines) is 2. The summed E-state index contributed by atoms with van der Waals surface area (Å²) in [5.74, 6) is 0.733. The smallest absolute Gasteiger partial charge is 0.227 e. The van der Waals surface area contributed by atoms with Gasteiger partial charge in [-0.2, -0.15) is 0 Å². The number of benzene rings is 2. The fourth-order valence-electron chi connectivity index (χ4n) is 4.46. The molecule has 2 aliphatic heterocycles. The maximum atomic E-state index is 13.0. The number of carbonyl (C=O) groups excluding carboxylic acids is 2. The lowest BCUT2D eigenvalue weighted by atomic mass is 9.89. The summed E-state index contributed by atoms with van der Waals surface area (Å²) in [5, 5.41) is 0. The van der Waals surface area contributed by atoms with Crippen molar-refractivity contribution < 1.29 is 9.59 Å². The molecule has 0 N–H and O–H groups in total. The normalized spacial score (nSPS) is 20.6. The molecular formula is C24H28N2O2. The van der Waals surface area contributed by atoms with Crippen LogP contribution in [0.2, 0.25) is 0 Å². The van der Waals surface area contributed by atoms with Crippen LogP contribution >= 0.6 is 0 Å². The number of hydrogen-bond donors (Lipinski definition) is 0. The van der Waals surface area contributed by atoms with Crippen molar-refractivity contribution in [1.82, 2.24) is 9.80 Å². The first kappa shape index (κ1) is 18.7. The third kappa shape index (κ3) is 4.44. The van der Waals surface area contributed by atoms with E-state index in [1.807, 2.05) is 40.1 Å². The fraction of sp³-hybridized carbons (Fsp3) is 0.417. The van der Waals surface area contributed by atoms with E-state index in [-0.39, 0.29) is 17.7 Å². The van der Waals surface area contributed by atoms with Crippen LogP contribution in [0.5, 0.6) is 0 Å². The van der Waals surface area contributed by atoms with Crippen molar-refractivity contribution in [3.8, 4) is 0 Å². The Bertz CT molecular complexity index is 798. The number of carbonyl (C=O) groups is 2. The maximum Gasteiger partial charge on any atom is 0.227 e. The Morgan fingerprint density at radius 1 is 0.893 bits per heavy atom. The van der Waals surface area contributed by atoms with Gasteiger partial charge in [0, 0.05) is 32.6 Å². The van der Waals surface area contributed by atoms with E-state index < -0.39 is 0 Å². The summed E-state index contributed by atoms with van der Waals surface area (Å²) in [6.45, 7) is 2.79. The molecule has 4 heteroatoms. The van der Waals surface area contributed by atoms with Crippen LogP contribution in [-0.4, -0.2) is 41.2 Å². The van der Waals surface area contributed by atoms with E-state index in [1.54, 1.807) is 0 Å². The van der Waals surface area contributed by atoms with Crippen LogP contribution in [0.25, 0.3) is 0 Å². The second-order valence-corrected chi connectivity index (χ2v) is 8.12. The number of nitrogens with zero attached hydrogens (tertiary/aromatic N) is 2. The van der Waals surface area contributed by atoms with Crippen molar-refractivity contribution in [2.45, 2.75) is 32.2 Å². The molecule has 0 unspecified atom stereocenters. The summed E-state index contributed by atoms with van der Waals surface area (Å²) >= 11 is 0. The van der Waals surface area contributed by atoms with Crippen LogP contribution in [0, 0.1) is 11.8 Å². The Hall–Kier alpha value is -2.62. The van der Waals surface area contributed by atoms with Crippen molar-refractivity contribution in [2.24, 2.45) is 11.8 Å². The Labute approximate surface area is 167 Å². The number of amides is 2. The molecule has 2 aromatic carbocycles. The molecule has 4 rings (SSSR count). The quantitative estimate of drug-likeness (QED) is 0.801. The zero-order chi connectivity index (χ0) is 19.3. The highest BCUT2D eigenvalue weighted by Crippen LogP contribution is 2.26. The molecule has 4 nitrogen and oxygen atoms in total. The molecule has 2 aliphatic rings. The Balaban J connectivity index is 1.28. The Morgan fingerprint density at radius 3 is 2.14 bits per heavy atom. The lowest BCUT2D eigenvalue weighted by molar-refractivity contribution is -0.137. The SMILES string of the molecule is O=C1C[C@H](C(=O)N2CCC(Cc3ccccc3)CC2)CN1Cc1ccccc1. The fourth-order valence-corrected chi connectivity index (χ4v) is 4.46. The molecule has 28 heavy (non-hydrogen) atoms. The zero-order valence-corrected chi connectivity index (χ0v) is 16.3. The Kier molecular flexibility index (Phi) is 5.75. The summed E-state index contributed by atoms with van der Waals surface area (Å²) in [5.41, 5.74) is 2.50. The minimum Gasteiger partial charge on any atom is -0.342 e. The molecule has 2 amide bonds. The topological polar surface area (TPSA) is 40.6 Å². The van der Waals surface area contributed by atoms with Crippen molar-refractivity contribution in [1.29, 1.82) is 0 Å². The monoisotopic (exact) mass is 376 g/mol. The van der Waals surface area contributed by atoms with E-state index in [0.29, 0.717) is 25.4 Å². The van der Waals surface area contributed by atoms with Gasteiger partial charge in [0.05, 0.1) is 5.92 Å². The first-order valence-electron chi connectivity index (χ1n) is 10.3. The van der Waals surface area contributed by atoms with Gasteiger partial charge in [0.2, 0.25) is 11.8 Å². The van der Waals surface area contributed by atoms with Gasteiger partial charge < -0.3 is 9.80 Å². The predicted molar refractivity (Wildman–Crippen MR) is 109 cm³/mol. The van der Waals surface area contributed by atoms with E-state index in [0.717, 1.165) is 37.9 Å². The van der Waals surface area contributed by atoms with Gasteiger partial charge in [0.1, 0.15) is 0 Å². The van der Waals surface area contributed by atoms with E-state index in [9.17, 15) is 9.59 Å². The first-order chi connectivity index (χ1) is 13.7. The van der Waals surface area contributed by atoms with Gasteiger partial charge in [-0.15, -0.1) is 0 Å². The van der Waals surface area contributed by atoms with Crippen molar-refractivity contribution in [2.75, 3.05) is 19.6 Å². The van der Waals surface area contributed by atoms with Crippen molar-refractivity contribution in [3.63, 3.8) is 0 Å². The molecule has 0 spiro atoms. The van der Waals surface area contributed by atoms with E-state index in [1.165, 1.54) is 5.56 Å². The summed E-state index contributed by atoms with van der Waals surface area (Å²) in [6.07, 6.45) is 3.55. The molecule has 0 aliphatic carbocycles. The molecular weight excluding hydrogens is 348 g/mol. The van der Waals surface area contributed by atoms with Crippen LogP contribution < -0.4 is 0 Å². The van der Waals surface area contributed by atoms with Crippen LogP contribution in [0.1, 0.15) is 30.4 Å². The number of rotatable bonds is 5. The van der Waals surface area contributed by atoms with Gasteiger partial charge in [-0.05, 0) is 36.3 Å². The highest BCUT2D eigenvalue weighted by molar-refractivity contribution is 5.89. The minimum absolute atomic E-state index is 0.0983. The maximum absolute atomic E-state index is 13.0. The third-order valence-electron chi connectivity index (χ3n) is 6.07. The summed E-state index contributed by atoms with van der Waals surface area (Å²) in [6, 6.07) is 20.6. The van der Waals surface area contributed by atoms with Gasteiger partial charge in [-0.3, -0.25) is 9.59 Å². The summed E-state index contributed by atoms with van der Waals surface area (Å²) in [4.78, 5) is 29.2. The molecule has 0 radical (unpaired) electrons. The summed E-state index contributed by atoms with van der Waals surface area (Å²) < 4.78 is 0. The van der Waals surface area contributed by atoms with Gasteiger partial charge in [-0.1, -0.05) is 60.7 Å². The highest BCUT2D eigenvalue weighted by Gasteiger charge is 2.37. The van der Waals surface area contributed by atoms with Crippen LogP contribution in [0.15, 0.2) is 60.7 Å². The summed E-state index contributed by atoms with van der Waals surface area (Å²) in [7, 11) is 0. The second-order valence-electron chi connectivity index (χ2n) is 8.12. The molecule has 0 bridgehead atoms. The zero-order valence-electron chi connectivity index (χ0n) is 16.3. The number of hydrogen-bond acceptors (Lipinski definition) is 2. The molecule has 1 atom stereocenters. The van der Waals surface area contributed by atoms with E-state index in [2.05, 4.69) is 30.3 Å². The molecule has 2 heterocycles. The largest absolute Gasteiger partial charge is 0.342 e. The van der Waals surface area contributed by atoms with E-state index in [4.69, 9.17) is 0 Å². The van der Waals surface area contributed by atoms with Gasteiger partial charge in [0.25, 0.3) is 0 Å². The number of piperidine rings is 1. The molecule has 0 aromatic heterocycles. The predicted octanol–water partition coefficient (Wildman–Crippen LogP) is 3.52. The molecule has 2 fully saturated rings. The van der Waals surface area contributed by atoms with Crippen molar-refractivity contribution in [3.05, 3.63) is 71.8 Å². The van der Waals surface area contributed by atoms with Gasteiger partial charge >= 0.3 is 0 Å². The van der Waals surface area contributed by atoms with E-state index >= 15 is 0 Å². The standard InChI is InChI=1S/C24H28N2O2/c27-23-16-22(18-26(23)17-21-9-5-2-6-10-21)24(28)25-13-11-20(12-14-25)15-19-7-3-1-4-8-19/h1-10,20,22H,11-18H2/t22-/m0/s1. The average molecular weight is 377 g/mol. The third-order valence-corrected chi connectivity index (χ3v) is 6.07. The van der Waals surface area contributed by atoms with Crippen LogP contribution in [0.4, 0.5) is 0 Å². The molecule has 0 saturated carbocycles. The second kappa shape index (κ2) is 8.59. The van der Waals surface area contributed by atoms with Crippen LogP contribution in [-0.2, 0) is 22.6 Å². The average Bonchev–Trinajstić information content (AvgIpc) is 3.10. The molecule has 146 valence electrons. The minimum atomic E-state index is -0.179. The lowest BCUT2D eigenvalue weighted by Crippen LogP contribution is -2.42. The molecule has 2 saturated heterocycles. The Morgan fingerprint density at radius 2 is 1.50 bits per heavy atom. The van der Waals surface area contributed by atoms with Gasteiger partial charge in [-0.25, -0.2) is 0 Å². The van der Waals surface area contributed by atoms with Crippen LogP contribution in [0.3, 0.4) is 0 Å². The van der Waals surface area contributed by atoms with Crippen molar-refractivity contribution >= 4 is 11.8 Å².